The molecule has 8 heteroatoms. The van der Waals surface area contributed by atoms with Crippen LogP contribution in [-0.4, -0.2) is 111 Å². The Labute approximate surface area is 150 Å². The lowest BCUT2D eigenvalue weighted by molar-refractivity contribution is 0.0841. The zero-order valence-electron chi connectivity index (χ0n) is 15.3. The van der Waals surface area contributed by atoms with Gasteiger partial charge in [0.1, 0.15) is 5.82 Å². The lowest BCUT2D eigenvalue weighted by atomic mass is 10.2. The molecule has 1 N–H and O–H groups in total. The molecule has 1 aromatic heterocycles. The van der Waals surface area contributed by atoms with Gasteiger partial charge >= 0.3 is 0 Å². The van der Waals surface area contributed by atoms with Gasteiger partial charge in [0.2, 0.25) is 5.95 Å². The maximum Gasteiger partial charge on any atom is 0.227 e. The van der Waals surface area contributed by atoms with E-state index in [1.807, 2.05) is 18.0 Å². The van der Waals surface area contributed by atoms with Crippen molar-refractivity contribution >= 4 is 11.8 Å². The number of aliphatic hydroxyl groups is 1. The van der Waals surface area contributed by atoms with Crippen LogP contribution in [0.1, 0.15) is 0 Å². The quantitative estimate of drug-likeness (QED) is 0.727. The largest absolute Gasteiger partial charge is 0.390 e. The molecule has 3 heterocycles. The maximum atomic E-state index is 10.4. The Morgan fingerprint density at radius 2 is 1.92 bits per heavy atom. The zero-order chi connectivity index (χ0) is 17.6. The molecule has 0 spiro atoms. The minimum absolute atomic E-state index is 0.413. The van der Waals surface area contributed by atoms with Gasteiger partial charge in [-0.15, -0.1) is 0 Å². The van der Waals surface area contributed by atoms with Gasteiger partial charge in [-0.2, -0.15) is 4.98 Å². The number of ether oxygens (including phenoxy) is 1. The molecule has 0 bridgehead atoms. The number of β-amino-alcohol motifs (C(OH)–C–C–N with tert-alkyl or cyclic N) is 1. The van der Waals surface area contributed by atoms with Crippen molar-refractivity contribution in [3.63, 3.8) is 0 Å². The lowest BCUT2D eigenvalue weighted by Crippen LogP contribution is -2.48. The lowest BCUT2D eigenvalue weighted by Gasteiger charge is -2.34. The van der Waals surface area contributed by atoms with Crippen LogP contribution in [0.4, 0.5) is 11.8 Å². The normalized spacial score (nSPS) is 21.3. The minimum atomic E-state index is -0.413. The third-order valence-electron chi connectivity index (χ3n) is 4.85. The van der Waals surface area contributed by atoms with Crippen LogP contribution in [0.5, 0.6) is 0 Å². The Hall–Kier alpha value is -1.48. The van der Waals surface area contributed by atoms with E-state index < -0.39 is 6.10 Å². The molecule has 0 saturated carbocycles. The van der Waals surface area contributed by atoms with Gasteiger partial charge in [0.25, 0.3) is 0 Å². The Balaban J connectivity index is 1.52. The second kappa shape index (κ2) is 8.75. The van der Waals surface area contributed by atoms with E-state index in [-0.39, 0.29) is 0 Å². The van der Waals surface area contributed by atoms with Crippen LogP contribution in [0.2, 0.25) is 0 Å². The summed E-state index contributed by atoms with van der Waals surface area (Å²) < 4.78 is 5.39. The minimum Gasteiger partial charge on any atom is -0.390 e. The Morgan fingerprint density at radius 1 is 1.20 bits per heavy atom. The van der Waals surface area contributed by atoms with Crippen LogP contribution in [0.25, 0.3) is 0 Å². The smallest absolute Gasteiger partial charge is 0.227 e. The Bertz CT molecular complexity index is 532. The van der Waals surface area contributed by atoms with E-state index in [9.17, 15) is 5.11 Å². The summed E-state index contributed by atoms with van der Waals surface area (Å²) >= 11 is 0. The second-order valence-electron chi connectivity index (χ2n) is 6.95. The molecular weight excluding hydrogens is 320 g/mol. The molecule has 8 nitrogen and oxygen atoms in total. The van der Waals surface area contributed by atoms with E-state index >= 15 is 0 Å². The van der Waals surface area contributed by atoms with Gasteiger partial charge in [-0.05, 0) is 13.1 Å². The molecule has 3 rings (SSSR count). The topological polar surface area (TPSA) is 68.2 Å². The molecular formula is C17H30N6O2. The Morgan fingerprint density at radius 3 is 2.64 bits per heavy atom. The molecule has 1 unspecified atom stereocenters. The molecule has 0 aliphatic carbocycles. The average Bonchev–Trinajstić information content (AvgIpc) is 2.64. The average molecular weight is 350 g/mol. The van der Waals surface area contributed by atoms with Gasteiger partial charge in [-0.3, -0.25) is 4.90 Å². The summed E-state index contributed by atoms with van der Waals surface area (Å²) in [7, 11) is 4.08. The van der Waals surface area contributed by atoms with Crippen molar-refractivity contribution < 1.29 is 9.84 Å². The van der Waals surface area contributed by atoms with Crippen LogP contribution in [0, 0.1) is 0 Å². The molecule has 2 fully saturated rings. The van der Waals surface area contributed by atoms with E-state index in [2.05, 4.69) is 31.7 Å². The van der Waals surface area contributed by atoms with Crippen molar-refractivity contribution in [2.24, 2.45) is 0 Å². The first kappa shape index (κ1) is 18.3. The number of nitrogens with zero attached hydrogens (tertiary/aromatic N) is 6. The summed E-state index contributed by atoms with van der Waals surface area (Å²) in [6.45, 7) is 8.55. The zero-order valence-corrected chi connectivity index (χ0v) is 15.3. The summed E-state index contributed by atoms with van der Waals surface area (Å²) in [5, 5.41) is 10.4. The second-order valence-corrected chi connectivity index (χ2v) is 6.95. The monoisotopic (exact) mass is 350 g/mol. The van der Waals surface area contributed by atoms with Gasteiger partial charge in [0, 0.05) is 65.6 Å². The summed E-state index contributed by atoms with van der Waals surface area (Å²) in [5.74, 6) is 1.58. The Kier molecular flexibility index (Phi) is 6.41. The predicted molar refractivity (Wildman–Crippen MR) is 98.3 cm³/mol. The summed E-state index contributed by atoms with van der Waals surface area (Å²) in [4.78, 5) is 17.8. The molecule has 0 aromatic carbocycles. The van der Waals surface area contributed by atoms with Crippen molar-refractivity contribution in [3.8, 4) is 0 Å². The number of aromatic nitrogens is 2. The van der Waals surface area contributed by atoms with E-state index in [0.29, 0.717) is 19.0 Å². The molecule has 0 radical (unpaired) electrons. The summed E-state index contributed by atoms with van der Waals surface area (Å²) in [6.07, 6.45) is 1.38. The van der Waals surface area contributed by atoms with Crippen molar-refractivity contribution in [2.45, 2.75) is 6.10 Å². The van der Waals surface area contributed by atoms with Crippen LogP contribution in [-0.2, 0) is 4.74 Å². The first-order chi connectivity index (χ1) is 12.1. The van der Waals surface area contributed by atoms with Gasteiger partial charge in [-0.25, -0.2) is 4.98 Å². The molecule has 0 amide bonds. The van der Waals surface area contributed by atoms with Gasteiger partial charge in [0.15, 0.2) is 0 Å². The van der Waals surface area contributed by atoms with Crippen LogP contribution >= 0.6 is 0 Å². The van der Waals surface area contributed by atoms with E-state index in [0.717, 1.165) is 58.3 Å². The fourth-order valence-electron chi connectivity index (χ4n) is 3.28. The van der Waals surface area contributed by atoms with Gasteiger partial charge < -0.3 is 24.5 Å². The fraction of sp³-hybridized carbons (Fsp3) is 0.765. The van der Waals surface area contributed by atoms with E-state index in [1.165, 1.54) is 0 Å². The SMILES string of the molecule is CN1CCN(CC(O)CN(C)c2nccc(N3CCOCC3)n2)CC1. The number of aliphatic hydroxyl groups excluding tert-OH is 1. The predicted octanol–water partition coefficient (Wildman–Crippen LogP) is -0.642. The molecule has 25 heavy (non-hydrogen) atoms. The highest BCUT2D eigenvalue weighted by molar-refractivity contribution is 5.43. The number of hydrogen-bond donors (Lipinski definition) is 1. The van der Waals surface area contributed by atoms with Crippen LogP contribution in [0.3, 0.4) is 0 Å². The van der Waals surface area contributed by atoms with Crippen LogP contribution < -0.4 is 9.80 Å². The van der Waals surface area contributed by atoms with E-state index in [1.54, 1.807) is 6.20 Å². The van der Waals surface area contributed by atoms with E-state index in [4.69, 9.17) is 4.74 Å². The highest BCUT2D eigenvalue weighted by atomic mass is 16.5. The van der Waals surface area contributed by atoms with Gasteiger partial charge in [-0.1, -0.05) is 0 Å². The first-order valence-corrected chi connectivity index (χ1v) is 9.07. The maximum absolute atomic E-state index is 10.4. The first-order valence-electron chi connectivity index (χ1n) is 9.07. The molecule has 1 atom stereocenters. The summed E-state index contributed by atoms with van der Waals surface area (Å²) in [6, 6.07) is 1.93. The fourth-order valence-corrected chi connectivity index (χ4v) is 3.28. The van der Waals surface area contributed by atoms with Crippen molar-refractivity contribution in [2.75, 3.05) is 89.5 Å². The number of anilines is 2. The number of rotatable bonds is 6. The number of likely N-dealkylation sites (N-methyl/N-ethyl adjacent to an activating group) is 2. The van der Waals surface area contributed by atoms with Crippen molar-refractivity contribution in [1.29, 1.82) is 0 Å². The van der Waals surface area contributed by atoms with Crippen molar-refractivity contribution in [3.05, 3.63) is 12.3 Å². The highest BCUT2D eigenvalue weighted by Crippen LogP contribution is 2.15. The molecule has 140 valence electrons. The number of piperazine rings is 1. The number of hydrogen-bond acceptors (Lipinski definition) is 8. The highest BCUT2D eigenvalue weighted by Gasteiger charge is 2.19. The van der Waals surface area contributed by atoms with Crippen molar-refractivity contribution in [1.82, 2.24) is 19.8 Å². The standard InChI is InChI=1S/C17H30N6O2/c1-20-5-7-22(8-6-20)14-15(24)13-21(2)17-18-4-3-16(19-17)23-9-11-25-12-10-23/h3-4,15,24H,5-14H2,1-2H3. The number of morpholine rings is 1. The third-order valence-corrected chi connectivity index (χ3v) is 4.85. The molecule has 1 aromatic rings. The van der Waals surface area contributed by atoms with Crippen LogP contribution in [0.15, 0.2) is 12.3 Å². The molecule has 2 saturated heterocycles. The molecule has 2 aliphatic rings. The summed E-state index contributed by atoms with van der Waals surface area (Å²) in [5.41, 5.74) is 0. The molecule has 2 aliphatic heterocycles. The third kappa shape index (κ3) is 5.24. The van der Waals surface area contributed by atoms with Gasteiger partial charge in [0.05, 0.1) is 19.3 Å².